The van der Waals surface area contributed by atoms with E-state index >= 15 is 0 Å². The van der Waals surface area contributed by atoms with Crippen molar-refractivity contribution in [1.29, 1.82) is 0 Å². The number of hydrogen-bond donors (Lipinski definition) is 2. The van der Waals surface area contributed by atoms with Gasteiger partial charge in [-0.25, -0.2) is 13.1 Å². The van der Waals surface area contributed by atoms with Gasteiger partial charge in [0.2, 0.25) is 10.0 Å². The lowest BCUT2D eigenvalue weighted by atomic mass is 10.1. The summed E-state index contributed by atoms with van der Waals surface area (Å²) < 4.78 is 33.0. The van der Waals surface area contributed by atoms with E-state index in [0.717, 1.165) is 11.1 Å². The van der Waals surface area contributed by atoms with Gasteiger partial charge < -0.3 is 10.5 Å². The molecule has 0 spiro atoms. The first-order valence-electron chi connectivity index (χ1n) is 7.21. The summed E-state index contributed by atoms with van der Waals surface area (Å²) in [6, 6.07) is 4.77. The molecule has 6 heteroatoms. The first-order valence-corrected chi connectivity index (χ1v) is 8.69. The molecule has 3 N–H and O–H groups in total. The van der Waals surface area contributed by atoms with Crippen LogP contribution in [0.2, 0.25) is 0 Å². The molecule has 120 valence electrons. The fourth-order valence-corrected chi connectivity index (χ4v) is 3.33. The van der Waals surface area contributed by atoms with Crippen LogP contribution in [0.1, 0.15) is 31.9 Å². The summed E-state index contributed by atoms with van der Waals surface area (Å²) in [5.41, 5.74) is 7.47. The second-order valence-electron chi connectivity index (χ2n) is 5.42. The Morgan fingerprint density at radius 2 is 2.00 bits per heavy atom. The van der Waals surface area contributed by atoms with Crippen molar-refractivity contribution in [2.24, 2.45) is 11.7 Å². The molecule has 21 heavy (non-hydrogen) atoms. The molecule has 5 nitrogen and oxygen atoms in total. The second-order valence-corrected chi connectivity index (χ2v) is 7.14. The molecule has 1 unspecified atom stereocenters. The lowest BCUT2D eigenvalue weighted by Crippen LogP contribution is -2.41. The van der Waals surface area contributed by atoms with E-state index in [1.165, 1.54) is 0 Å². The molecule has 0 saturated carbocycles. The minimum Gasteiger partial charge on any atom is -0.380 e. The van der Waals surface area contributed by atoms with E-state index in [-0.39, 0.29) is 16.9 Å². The summed E-state index contributed by atoms with van der Waals surface area (Å²) in [6.45, 7) is 8.98. The van der Waals surface area contributed by atoms with Crippen LogP contribution in [0, 0.1) is 12.8 Å². The highest BCUT2D eigenvalue weighted by Gasteiger charge is 2.23. The number of sulfonamides is 1. The van der Waals surface area contributed by atoms with E-state index in [9.17, 15) is 8.42 Å². The van der Waals surface area contributed by atoms with Gasteiger partial charge in [-0.1, -0.05) is 19.9 Å². The Labute approximate surface area is 127 Å². The Bertz CT molecular complexity index is 556. The molecule has 1 rings (SSSR count). The summed E-state index contributed by atoms with van der Waals surface area (Å²) in [6.07, 6.45) is 0. The number of nitrogens with one attached hydrogen (secondary N) is 1. The van der Waals surface area contributed by atoms with E-state index in [1.807, 2.05) is 27.7 Å². The predicted molar refractivity (Wildman–Crippen MR) is 84.5 cm³/mol. The first kappa shape index (κ1) is 18.1. The Morgan fingerprint density at radius 3 is 2.52 bits per heavy atom. The molecule has 1 aromatic carbocycles. The SMILES string of the molecule is CCOCC(NS(=O)(=O)c1ccc(C)c(CN)c1)C(C)C. The van der Waals surface area contributed by atoms with Crippen molar-refractivity contribution in [3.8, 4) is 0 Å². The van der Waals surface area contributed by atoms with Gasteiger partial charge in [0.15, 0.2) is 0 Å². The number of ether oxygens (including phenoxy) is 1. The highest BCUT2D eigenvalue weighted by atomic mass is 32.2. The number of benzene rings is 1. The van der Waals surface area contributed by atoms with Crippen LogP contribution in [-0.2, 0) is 21.3 Å². The third kappa shape index (κ3) is 5.07. The van der Waals surface area contributed by atoms with Gasteiger partial charge in [0.1, 0.15) is 0 Å². The van der Waals surface area contributed by atoms with Crippen molar-refractivity contribution in [3.63, 3.8) is 0 Å². The van der Waals surface area contributed by atoms with Crippen LogP contribution in [0.15, 0.2) is 23.1 Å². The lowest BCUT2D eigenvalue weighted by molar-refractivity contribution is 0.116. The van der Waals surface area contributed by atoms with Crippen molar-refractivity contribution in [2.45, 2.75) is 45.2 Å². The second kappa shape index (κ2) is 7.89. The monoisotopic (exact) mass is 314 g/mol. The van der Waals surface area contributed by atoms with Crippen molar-refractivity contribution < 1.29 is 13.2 Å². The minimum atomic E-state index is -3.57. The molecule has 0 saturated heterocycles. The molecular weight excluding hydrogens is 288 g/mol. The number of aryl methyl sites for hydroxylation is 1. The topological polar surface area (TPSA) is 81.4 Å². The molecule has 1 aromatic rings. The predicted octanol–water partition coefficient (Wildman–Crippen LogP) is 1.79. The van der Waals surface area contributed by atoms with Crippen LogP contribution >= 0.6 is 0 Å². The molecule has 0 heterocycles. The summed E-state index contributed by atoms with van der Waals surface area (Å²) in [7, 11) is -3.57. The summed E-state index contributed by atoms with van der Waals surface area (Å²) in [5.74, 6) is 0.144. The zero-order valence-corrected chi connectivity index (χ0v) is 14.0. The quantitative estimate of drug-likeness (QED) is 0.766. The molecular formula is C15H26N2O3S. The van der Waals surface area contributed by atoms with Gasteiger partial charge in [0.05, 0.1) is 11.5 Å². The molecule has 0 radical (unpaired) electrons. The van der Waals surface area contributed by atoms with Gasteiger partial charge in [-0.2, -0.15) is 0 Å². The van der Waals surface area contributed by atoms with Crippen molar-refractivity contribution in [3.05, 3.63) is 29.3 Å². The van der Waals surface area contributed by atoms with Gasteiger partial charge >= 0.3 is 0 Å². The number of hydrogen-bond acceptors (Lipinski definition) is 4. The van der Waals surface area contributed by atoms with Crippen LogP contribution in [-0.4, -0.2) is 27.7 Å². The van der Waals surface area contributed by atoms with Gasteiger partial charge in [0.25, 0.3) is 0 Å². The third-order valence-corrected chi connectivity index (χ3v) is 4.95. The van der Waals surface area contributed by atoms with E-state index in [4.69, 9.17) is 10.5 Å². The van der Waals surface area contributed by atoms with E-state index in [1.54, 1.807) is 18.2 Å². The minimum absolute atomic E-state index is 0.144. The van der Waals surface area contributed by atoms with E-state index in [2.05, 4.69) is 4.72 Å². The molecule has 1 atom stereocenters. The summed E-state index contributed by atoms with van der Waals surface area (Å²) >= 11 is 0. The Kier molecular flexibility index (Phi) is 6.80. The fraction of sp³-hybridized carbons (Fsp3) is 0.600. The number of rotatable bonds is 8. The van der Waals surface area contributed by atoms with Gasteiger partial charge in [0, 0.05) is 19.2 Å². The molecule has 0 aliphatic carbocycles. The zero-order chi connectivity index (χ0) is 16.0. The van der Waals surface area contributed by atoms with Crippen LogP contribution in [0.5, 0.6) is 0 Å². The van der Waals surface area contributed by atoms with Gasteiger partial charge in [-0.3, -0.25) is 0 Å². The molecule has 0 aliphatic rings. The fourth-order valence-electron chi connectivity index (χ4n) is 1.91. The Balaban J connectivity index is 2.98. The average Bonchev–Trinajstić information content (AvgIpc) is 2.43. The summed E-state index contributed by atoms with van der Waals surface area (Å²) in [4.78, 5) is 0.246. The van der Waals surface area contributed by atoms with Gasteiger partial charge in [-0.15, -0.1) is 0 Å². The Hall–Kier alpha value is -0.950. The maximum atomic E-state index is 12.5. The van der Waals surface area contributed by atoms with E-state index < -0.39 is 10.0 Å². The Morgan fingerprint density at radius 1 is 1.33 bits per heavy atom. The van der Waals surface area contributed by atoms with Crippen molar-refractivity contribution >= 4 is 10.0 Å². The van der Waals surface area contributed by atoms with Crippen LogP contribution in [0.3, 0.4) is 0 Å². The lowest BCUT2D eigenvalue weighted by Gasteiger charge is -2.22. The normalized spacial score (nSPS) is 13.6. The molecule has 0 fully saturated rings. The maximum absolute atomic E-state index is 12.5. The van der Waals surface area contributed by atoms with Crippen LogP contribution in [0.4, 0.5) is 0 Å². The maximum Gasteiger partial charge on any atom is 0.240 e. The largest absolute Gasteiger partial charge is 0.380 e. The first-order chi connectivity index (χ1) is 9.81. The standard InChI is InChI=1S/C15H26N2O3S/c1-5-20-10-15(11(2)3)17-21(18,19)14-7-6-12(4)13(8-14)9-16/h6-8,11,15,17H,5,9-10,16H2,1-4H3. The molecule has 0 aliphatic heterocycles. The number of nitrogens with two attached hydrogens (primary N) is 1. The van der Waals surface area contributed by atoms with E-state index in [0.29, 0.717) is 19.8 Å². The third-order valence-electron chi connectivity index (χ3n) is 3.46. The van der Waals surface area contributed by atoms with Crippen LogP contribution in [0.25, 0.3) is 0 Å². The average molecular weight is 314 g/mol. The highest BCUT2D eigenvalue weighted by molar-refractivity contribution is 7.89. The van der Waals surface area contributed by atoms with Crippen molar-refractivity contribution in [1.82, 2.24) is 4.72 Å². The van der Waals surface area contributed by atoms with Crippen LogP contribution < -0.4 is 10.5 Å². The summed E-state index contributed by atoms with van der Waals surface area (Å²) in [5, 5.41) is 0. The zero-order valence-electron chi connectivity index (χ0n) is 13.2. The van der Waals surface area contributed by atoms with Crippen molar-refractivity contribution in [2.75, 3.05) is 13.2 Å². The molecule has 0 amide bonds. The highest BCUT2D eigenvalue weighted by Crippen LogP contribution is 2.16. The smallest absolute Gasteiger partial charge is 0.240 e. The molecule has 0 aromatic heterocycles. The molecule has 0 bridgehead atoms. The van der Waals surface area contributed by atoms with Gasteiger partial charge in [-0.05, 0) is 43.0 Å².